The Labute approximate surface area is 312 Å². The van der Waals surface area contributed by atoms with Gasteiger partial charge in [0.05, 0.1) is 0 Å². The van der Waals surface area contributed by atoms with Gasteiger partial charge in [0.15, 0.2) is 17.5 Å². The minimum absolute atomic E-state index is 0.00426. The number of hydrogen-bond donors (Lipinski definition) is 0. The number of fused-ring (bicyclic) bond motifs is 3. The number of allylic oxidation sites excluding steroid dienone is 1. The van der Waals surface area contributed by atoms with E-state index in [1.807, 2.05) is 24.3 Å². The van der Waals surface area contributed by atoms with Gasteiger partial charge in [0.1, 0.15) is 0 Å². The Morgan fingerprint density at radius 2 is 0.925 bits per heavy atom. The van der Waals surface area contributed by atoms with Gasteiger partial charge in [-0.25, -0.2) is 15.0 Å². The maximum absolute atomic E-state index is 5.07. The largest absolute Gasteiger partial charge is 0.208 e. The van der Waals surface area contributed by atoms with Crippen molar-refractivity contribution in [2.45, 2.75) is 49.9 Å². The van der Waals surface area contributed by atoms with Crippen molar-refractivity contribution in [2.24, 2.45) is 5.92 Å². The first-order valence-electron chi connectivity index (χ1n) is 19.2. The van der Waals surface area contributed by atoms with Crippen LogP contribution in [0.4, 0.5) is 0 Å². The average molecular weight is 684 g/mol. The molecule has 1 aromatic heterocycles. The van der Waals surface area contributed by atoms with Crippen LogP contribution in [0.15, 0.2) is 158 Å². The Morgan fingerprint density at radius 1 is 0.434 bits per heavy atom. The maximum atomic E-state index is 5.07. The maximum Gasteiger partial charge on any atom is 0.164 e. The minimum Gasteiger partial charge on any atom is -0.208 e. The van der Waals surface area contributed by atoms with Crippen molar-refractivity contribution in [3.8, 4) is 56.4 Å². The zero-order chi connectivity index (χ0) is 35.2. The SMILES string of the molecule is C1=CC2CC2c2c1cccc2-c1ccc(C2(c3ccc(-c4nc(-c5ccccc5)nc(-c5ccc(-c6ccccc6)cc5)n4)cc3)CCCCC2)cc1. The van der Waals surface area contributed by atoms with Gasteiger partial charge in [0.2, 0.25) is 0 Å². The molecule has 3 aliphatic rings. The molecule has 2 saturated carbocycles. The van der Waals surface area contributed by atoms with Crippen molar-refractivity contribution in [1.82, 2.24) is 15.0 Å². The third-order valence-electron chi connectivity index (χ3n) is 11.9. The minimum atomic E-state index is -0.00426. The molecule has 0 radical (unpaired) electrons. The number of benzene rings is 6. The van der Waals surface area contributed by atoms with Crippen molar-refractivity contribution in [2.75, 3.05) is 0 Å². The first-order chi connectivity index (χ1) is 26.2. The molecule has 0 spiro atoms. The molecule has 2 fully saturated rings. The normalized spacial score (nSPS) is 18.2. The fourth-order valence-electron chi connectivity index (χ4n) is 8.98. The topological polar surface area (TPSA) is 38.7 Å². The van der Waals surface area contributed by atoms with E-state index in [1.165, 1.54) is 64.6 Å². The van der Waals surface area contributed by atoms with Crippen LogP contribution in [0.5, 0.6) is 0 Å². The van der Waals surface area contributed by atoms with E-state index in [9.17, 15) is 0 Å². The van der Waals surface area contributed by atoms with E-state index >= 15 is 0 Å². The lowest BCUT2D eigenvalue weighted by Crippen LogP contribution is -2.30. The molecule has 2 atom stereocenters. The highest BCUT2D eigenvalue weighted by Crippen LogP contribution is 2.55. The van der Waals surface area contributed by atoms with Gasteiger partial charge in [-0.3, -0.25) is 0 Å². The van der Waals surface area contributed by atoms with E-state index in [4.69, 9.17) is 15.0 Å². The second-order valence-electron chi connectivity index (χ2n) is 15.1. The molecule has 3 nitrogen and oxygen atoms in total. The van der Waals surface area contributed by atoms with Crippen LogP contribution in [-0.4, -0.2) is 15.0 Å². The summed E-state index contributed by atoms with van der Waals surface area (Å²) in [5.74, 6) is 3.47. The van der Waals surface area contributed by atoms with Crippen LogP contribution in [-0.2, 0) is 5.41 Å². The van der Waals surface area contributed by atoms with Crippen molar-refractivity contribution in [3.63, 3.8) is 0 Å². The summed E-state index contributed by atoms with van der Waals surface area (Å²) >= 11 is 0. The highest BCUT2D eigenvalue weighted by atomic mass is 15.0. The van der Waals surface area contributed by atoms with Gasteiger partial charge in [0.25, 0.3) is 0 Å². The van der Waals surface area contributed by atoms with E-state index in [1.54, 1.807) is 5.56 Å². The van der Waals surface area contributed by atoms with Gasteiger partial charge in [-0.2, -0.15) is 0 Å². The molecule has 6 aromatic carbocycles. The standard InChI is InChI=1S/C50H41N3/c1-4-11-34(12-5-1)35-17-20-39(21-18-35)48-51-47(38-13-6-2-7-14-38)52-49(53-48)40-25-29-43(30-26-40)50(31-8-3-9-32-50)42-27-23-36(24-28-42)44-16-10-15-37-19-22-41-33-45(41)46(37)44/h1-2,4-7,10-30,41,45H,3,8-9,31-33H2. The van der Waals surface area contributed by atoms with Gasteiger partial charge < -0.3 is 0 Å². The number of aromatic nitrogens is 3. The first kappa shape index (κ1) is 31.8. The second kappa shape index (κ2) is 13.2. The summed E-state index contributed by atoms with van der Waals surface area (Å²) in [4.78, 5) is 15.1. The van der Waals surface area contributed by atoms with Gasteiger partial charge in [-0.15, -0.1) is 0 Å². The van der Waals surface area contributed by atoms with Crippen molar-refractivity contribution < 1.29 is 0 Å². The van der Waals surface area contributed by atoms with Crippen LogP contribution in [0, 0.1) is 5.92 Å². The van der Waals surface area contributed by atoms with Crippen LogP contribution in [0.25, 0.3) is 62.5 Å². The monoisotopic (exact) mass is 683 g/mol. The molecule has 53 heavy (non-hydrogen) atoms. The molecule has 0 aliphatic heterocycles. The van der Waals surface area contributed by atoms with E-state index < -0.39 is 0 Å². The molecule has 0 saturated heterocycles. The Kier molecular flexibility index (Phi) is 7.94. The second-order valence-corrected chi connectivity index (χ2v) is 15.1. The van der Waals surface area contributed by atoms with Crippen LogP contribution in [0.1, 0.15) is 66.7 Å². The number of rotatable bonds is 7. The predicted molar refractivity (Wildman–Crippen MR) is 217 cm³/mol. The van der Waals surface area contributed by atoms with Crippen LogP contribution in [0.2, 0.25) is 0 Å². The van der Waals surface area contributed by atoms with Gasteiger partial charge in [-0.1, -0.05) is 183 Å². The third-order valence-corrected chi connectivity index (χ3v) is 11.9. The zero-order valence-corrected chi connectivity index (χ0v) is 29.8. The van der Waals surface area contributed by atoms with Crippen LogP contribution in [0.3, 0.4) is 0 Å². The zero-order valence-electron chi connectivity index (χ0n) is 29.8. The first-order valence-corrected chi connectivity index (χ1v) is 19.2. The summed E-state index contributed by atoms with van der Waals surface area (Å²) < 4.78 is 0. The van der Waals surface area contributed by atoms with Gasteiger partial charge in [-0.05, 0) is 75.6 Å². The van der Waals surface area contributed by atoms with Gasteiger partial charge in [0, 0.05) is 22.1 Å². The molecule has 7 aromatic rings. The predicted octanol–water partition coefficient (Wildman–Crippen LogP) is 12.6. The van der Waals surface area contributed by atoms with Crippen molar-refractivity contribution in [3.05, 3.63) is 180 Å². The van der Waals surface area contributed by atoms with E-state index in [2.05, 4.69) is 140 Å². The van der Waals surface area contributed by atoms with Crippen LogP contribution < -0.4 is 0 Å². The lowest BCUT2D eigenvalue weighted by atomic mass is 9.65. The smallest absolute Gasteiger partial charge is 0.164 e. The highest BCUT2D eigenvalue weighted by Gasteiger charge is 2.41. The lowest BCUT2D eigenvalue weighted by molar-refractivity contribution is 0.346. The Hall–Kier alpha value is -5.93. The molecule has 10 rings (SSSR count). The molecule has 3 aliphatic carbocycles. The molecule has 0 bridgehead atoms. The molecule has 1 heterocycles. The van der Waals surface area contributed by atoms with E-state index in [-0.39, 0.29) is 5.41 Å². The van der Waals surface area contributed by atoms with Crippen LogP contribution >= 0.6 is 0 Å². The van der Waals surface area contributed by atoms with E-state index in [0.717, 1.165) is 35.4 Å². The third kappa shape index (κ3) is 5.91. The molecular formula is C50H41N3. The molecule has 3 heteroatoms. The summed E-state index contributed by atoms with van der Waals surface area (Å²) in [5.41, 5.74) is 13.8. The molecule has 256 valence electrons. The quantitative estimate of drug-likeness (QED) is 0.168. The van der Waals surface area contributed by atoms with E-state index in [0.29, 0.717) is 23.4 Å². The summed E-state index contributed by atoms with van der Waals surface area (Å²) in [6, 6.07) is 54.8. The van der Waals surface area contributed by atoms with Crippen molar-refractivity contribution in [1.29, 1.82) is 0 Å². The molecule has 2 unspecified atom stereocenters. The molecule has 0 N–H and O–H groups in total. The Balaban J connectivity index is 0.992. The summed E-state index contributed by atoms with van der Waals surface area (Å²) in [6.45, 7) is 0. The lowest BCUT2D eigenvalue weighted by Gasteiger charge is -2.39. The fourth-order valence-corrected chi connectivity index (χ4v) is 8.98. The fraction of sp³-hybridized carbons (Fsp3) is 0.180. The van der Waals surface area contributed by atoms with Crippen molar-refractivity contribution >= 4 is 6.08 Å². The molecule has 0 amide bonds. The summed E-state index contributed by atoms with van der Waals surface area (Å²) in [7, 11) is 0. The number of nitrogens with zero attached hydrogens (tertiary/aromatic N) is 3. The highest BCUT2D eigenvalue weighted by molar-refractivity contribution is 5.77. The Morgan fingerprint density at radius 3 is 1.53 bits per heavy atom. The average Bonchev–Trinajstić information content (AvgIpc) is 4.05. The Bertz CT molecular complexity index is 2420. The number of hydrogen-bond acceptors (Lipinski definition) is 3. The summed E-state index contributed by atoms with van der Waals surface area (Å²) in [6.07, 6.45) is 12.1. The molecular weight excluding hydrogens is 643 g/mol. The summed E-state index contributed by atoms with van der Waals surface area (Å²) in [5, 5.41) is 0. The van der Waals surface area contributed by atoms with Gasteiger partial charge >= 0.3 is 0 Å².